The monoisotopic (exact) mass is 1030 g/mol. The largest absolute Gasteiger partial charge is 0.489 e. The van der Waals surface area contributed by atoms with Gasteiger partial charge >= 0.3 is 18.2 Å². The van der Waals surface area contributed by atoms with Gasteiger partial charge in [-0.3, -0.25) is 14.4 Å². The predicted octanol–water partition coefficient (Wildman–Crippen LogP) is 4.01. The number of nitrogens with one attached hydrogen (secondary N) is 4. The zero-order chi connectivity index (χ0) is 53.1. The number of unbranched alkanes of at least 4 members (excludes halogenated alkanes) is 1. The number of para-hydroxylation sites is 1. The zero-order valence-electron chi connectivity index (χ0n) is 42.3. The van der Waals surface area contributed by atoms with E-state index in [-0.39, 0.29) is 119 Å². The van der Waals surface area contributed by atoms with Crippen molar-refractivity contribution >= 4 is 57.4 Å². The molecule has 24 heteroatoms. The van der Waals surface area contributed by atoms with Crippen LogP contribution in [0, 0.1) is 0 Å². The lowest BCUT2D eigenvalue weighted by atomic mass is 10.1. The van der Waals surface area contributed by atoms with Gasteiger partial charge in [0.15, 0.2) is 11.5 Å². The first kappa shape index (κ1) is 57.9. The van der Waals surface area contributed by atoms with Gasteiger partial charge in [0.2, 0.25) is 21.8 Å². The predicted molar refractivity (Wildman–Crippen MR) is 264 cm³/mol. The van der Waals surface area contributed by atoms with Crippen molar-refractivity contribution < 1.29 is 65.6 Å². The molecule has 3 aromatic rings. The Hall–Kier alpha value is -6.63. The molecule has 5 rings (SSSR count). The average molecular weight is 1030 g/mol. The number of ether oxygens (including phenoxy) is 6. The molecule has 4 bridgehead atoms. The van der Waals surface area contributed by atoms with E-state index in [9.17, 15) is 37.2 Å². The van der Waals surface area contributed by atoms with Gasteiger partial charge in [0, 0.05) is 44.2 Å². The Kier molecular flexibility index (Phi) is 21.9. The minimum Gasteiger partial charge on any atom is -0.489 e. The summed E-state index contributed by atoms with van der Waals surface area (Å²) < 4.78 is 62.5. The number of esters is 1. The van der Waals surface area contributed by atoms with E-state index in [1.165, 1.54) is 46.8 Å². The van der Waals surface area contributed by atoms with Crippen LogP contribution in [0.2, 0.25) is 0 Å². The summed E-state index contributed by atoms with van der Waals surface area (Å²) in [6.07, 6.45) is 1.22. The number of carbonyl (C=O) groups excluding carboxylic acids is 6. The van der Waals surface area contributed by atoms with Crippen LogP contribution in [0.4, 0.5) is 21.1 Å². The van der Waals surface area contributed by atoms with Gasteiger partial charge in [0.05, 0.1) is 69.1 Å². The molecule has 0 spiro atoms. The molecule has 2 aliphatic rings. The van der Waals surface area contributed by atoms with Crippen molar-refractivity contribution in [1.82, 2.24) is 35.1 Å². The molecule has 396 valence electrons. The standard InChI is InChI=1S/C48H69N9O14S/c1-47(2,3)70-45(62)55-36(44(61)66-8)14-9-10-21-50-39(59)30-51-38(58)16-12-22-57-23-24-67-25-26-68-27-28-69-41-33(31-56(7)46(63)71-48(4,5)6)13-11-15-35(41)54-43(60)40-42(49)52-29-37(53-40)32-17-19-34(20-18-32)72(57,64)65/h11,13,15,17-20,29,36H,9-10,12,14,16,21-28,30-31H2,1-8H3,(H2,49,52)(H,50,59)(H,51,58)(H,54,60)(H,55,62)/t36-/m0/s1. The molecule has 0 saturated carbocycles. The van der Waals surface area contributed by atoms with E-state index < -0.39 is 63.1 Å². The molecular weight excluding hydrogens is 959 g/mol. The van der Waals surface area contributed by atoms with Gasteiger partial charge in [-0.25, -0.2) is 32.8 Å². The first-order valence-electron chi connectivity index (χ1n) is 23.5. The van der Waals surface area contributed by atoms with Crippen molar-refractivity contribution in [1.29, 1.82) is 0 Å². The van der Waals surface area contributed by atoms with Crippen LogP contribution in [0.15, 0.2) is 53.6 Å². The Morgan fingerprint density at radius 2 is 1.57 bits per heavy atom. The maximum atomic E-state index is 14.1. The van der Waals surface area contributed by atoms with Gasteiger partial charge in [0.25, 0.3) is 5.91 Å². The summed E-state index contributed by atoms with van der Waals surface area (Å²) in [6, 6.07) is 9.95. The number of benzene rings is 2. The Labute approximate surface area is 420 Å². The Bertz CT molecular complexity index is 2440. The molecule has 72 heavy (non-hydrogen) atoms. The topological polar surface area (TPSA) is 298 Å². The van der Waals surface area contributed by atoms with Gasteiger partial charge in [-0.2, -0.15) is 4.31 Å². The Morgan fingerprint density at radius 1 is 0.889 bits per heavy atom. The highest BCUT2D eigenvalue weighted by Crippen LogP contribution is 2.32. The molecule has 0 saturated heterocycles. The molecule has 0 fully saturated rings. The van der Waals surface area contributed by atoms with Crippen molar-refractivity contribution in [2.45, 2.75) is 102 Å². The fourth-order valence-electron chi connectivity index (χ4n) is 6.80. The third-order valence-electron chi connectivity index (χ3n) is 10.3. The van der Waals surface area contributed by atoms with Crippen LogP contribution in [-0.4, -0.2) is 154 Å². The normalized spacial score (nSPS) is 15.1. The number of nitrogen functional groups attached to an aromatic ring is 1. The molecule has 0 aliphatic carbocycles. The van der Waals surface area contributed by atoms with Crippen molar-refractivity contribution in [3.05, 3.63) is 59.9 Å². The smallest absolute Gasteiger partial charge is 0.410 e. The second kappa shape index (κ2) is 27.3. The average Bonchev–Trinajstić information content (AvgIpc) is 3.30. The summed E-state index contributed by atoms with van der Waals surface area (Å²) in [5, 5.41) is 10.5. The molecule has 1 atom stereocenters. The molecule has 0 unspecified atom stereocenters. The van der Waals surface area contributed by atoms with Crippen molar-refractivity contribution in [2.24, 2.45) is 0 Å². The number of carbonyl (C=O) groups is 6. The van der Waals surface area contributed by atoms with Gasteiger partial charge < -0.3 is 60.3 Å². The second-order valence-electron chi connectivity index (χ2n) is 18.5. The van der Waals surface area contributed by atoms with E-state index >= 15 is 0 Å². The van der Waals surface area contributed by atoms with Crippen molar-refractivity contribution in [3.63, 3.8) is 0 Å². The molecule has 1 aromatic heterocycles. The fraction of sp³-hybridized carbons (Fsp3) is 0.542. The summed E-state index contributed by atoms with van der Waals surface area (Å²) in [5.74, 6) is -2.15. The van der Waals surface area contributed by atoms with Crippen LogP contribution in [0.3, 0.4) is 0 Å². The van der Waals surface area contributed by atoms with Crippen LogP contribution in [0.25, 0.3) is 11.3 Å². The number of anilines is 2. The molecular formula is C48H69N9O14S. The Balaban J connectivity index is 1.38. The number of methoxy groups -OCH3 is 1. The number of hydrogen-bond acceptors (Lipinski definition) is 17. The highest BCUT2D eigenvalue weighted by atomic mass is 32.2. The fourth-order valence-corrected chi connectivity index (χ4v) is 8.26. The highest BCUT2D eigenvalue weighted by molar-refractivity contribution is 7.89. The van der Waals surface area contributed by atoms with E-state index in [0.29, 0.717) is 24.0 Å². The lowest BCUT2D eigenvalue weighted by molar-refractivity contribution is -0.143. The van der Waals surface area contributed by atoms with Gasteiger partial charge in [-0.05, 0) is 85.4 Å². The Morgan fingerprint density at radius 3 is 2.25 bits per heavy atom. The SMILES string of the molecule is COC(=O)[C@H](CCCCNC(=O)CNC(=O)CCCN1CCOCCOCCOc2c(CN(C)C(=O)OC(C)(C)C)cccc2NC(=O)c2nc(cnc2N)-c2ccc(cc2)S1(=O)=O)NC(=O)OC(C)(C)C. The molecule has 0 radical (unpaired) electrons. The van der Waals surface area contributed by atoms with Crippen molar-refractivity contribution in [3.8, 4) is 17.0 Å². The van der Waals surface area contributed by atoms with E-state index in [4.69, 9.17) is 34.2 Å². The lowest BCUT2D eigenvalue weighted by Gasteiger charge is -2.25. The molecule has 6 N–H and O–H groups in total. The zero-order valence-corrected chi connectivity index (χ0v) is 43.1. The molecule has 3 heterocycles. The highest BCUT2D eigenvalue weighted by Gasteiger charge is 2.28. The van der Waals surface area contributed by atoms with E-state index in [1.54, 1.807) is 66.8 Å². The quantitative estimate of drug-likeness (QED) is 0.0622. The summed E-state index contributed by atoms with van der Waals surface area (Å²) in [7, 11) is -1.35. The maximum Gasteiger partial charge on any atom is 0.410 e. The molecule has 2 aliphatic heterocycles. The van der Waals surface area contributed by atoms with Crippen LogP contribution in [0.1, 0.15) is 89.7 Å². The van der Waals surface area contributed by atoms with E-state index in [1.807, 2.05) is 0 Å². The number of hydrogen-bond donors (Lipinski definition) is 5. The first-order valence-corrected chi connectivity index (χ1v) is 24.9. The van der Waals surface area contributed by atoms with Crippen LogP contribution < -0.4 is 31.7 Å². The van der Waals surface area contributed by atoms with Crippen LogP contribution in [-0.2, 0) is 54.6 Å². The summed E-state index contributed by atoms with van der Waals surface area (Å²) in [4.78, 5) is 86.3. The van der Waals surface area contributed by atoms with Gasteiger partial charge in [0.1, 0.15) is 29.6 Å². The number of amides is 5. The number of fused-ring (bicyclic) bond motifs is 13. The summed E-state index contributed by atoms with van der Waals surface area (Å²) >= 11 is 0. The number of sulfonamides is 1. The van der Waals surface area contributed by atoms with Crippen molar-refractivity contribution in [2.75, 3.05) is 84.4 Å². The number of nitrogens with zero attached hydrogens (tertiary/aromatic N) is 4. The minimum absolute atomic E-state index is 0.00145. The molecule has 5 amide bonds. The van der Waals surface area contributed by atoms with E-state index in [2.05, 4.69) is 31.2 Å². The van der Waals surface area contributed by atoms with Gasteiger partial charge in [-0.1, -0.05) is 24.3 Å². The summed E-state index contributed by atoms with van der Waals surface area (Å²) in [6.45, 7) is 10.6. The van der Waals surface area contributed by atoms with Crippen LogP contribution >= 0.6 is 0 Å². The third-order valence-corrected chi connectivity index (χ3v) is 12.2. The number of nitrogens with two attached hydrogens (primary N) is 1. The van der Waals surface area contributed by atoms with Crippen LogP contribution in [0.5, 0.6) is 5.75 Å². The molecule has 23 nitrogen and oxygen atoms in total. The number of alkyl carbamates (subject to hydrolysis) is 1. The number of aromatic nitrogens is 2. The minimum atomic E-state index is -4.14. The van der Waals surface area contributed by atoms with Gasteiger partial charge in [-0.15, -0.1) is 0 Å². The number of rotatable bonds is 15. The van der Waals surface area contributed by atoms with E-state index in [0.717, 1.165) is 0 Å². The summed E-state index contributed by atoms with van der Waals surface area (Å²) in [5.41, 5.74) is 5.95. The second-order valence-corrected chi connectivity index (χ2v) is 20.5. The first-order chi connectivity index (χ1) is 34.0. The third kappa shape index (κ3) is 19.2. The molecule has 2 aromatic carbocycles. The maximum absolute atomic E-state index is 14.1. The lowest BCUT2D eigenvalue weighted by Crippen LogP contribution is -2.44.